The minimum absolute atomic E-state index is 0.194. The molecule has 3 aromatic heterocycles. The molecule has 0 bridgehead atoms. The SMILES string of the molecule is Cc1ccc(S(=O)(=O)n2cc(-c3ccnc(C#Cc4ccccc4)n3)c3cccnc32)cc1. The van der Waals surface area contributed by atoms with Crippen LogP contribution in [0.25, 0.3) is 22.3 Å². The minimum Gasteiger partial charge on any atom is -0.237 e. The summed E-state index contributed by atoms with van der Waals surface area (Å²) in [5.41, 5.74) is 3.38. The first kappa shape index (κ1) is 20.6. The second-order valence-corrected chi connectivity index (χ2v) is 9.23. The fourth-order valence-electron chi connectivity index (χ4n) is 3.46. The maximum atomic E-state index is 13.4. The monoisotopic (exact) mass is 450 g/mol. The summed E-state index contributed by atoms with van der Waals surface area (Å²) in [6.07, 6.45) is 4.75. The molecule has 0 aliphatic heterocycles. The van der Waals surface area contributed by atoms with E-state index >= 15 is 0 Å². The van der Waals surface area contributed by atoms with Gasteiger partial charge in [0, 0.05) is 35.1 Å². The number of hydrogen-bond acceptors (Lipinski definition) is 5. The zero-order chi connectivity index (χ0) is 22.8. The first-order chi connectivity index (χ1) is 16.0. The Bertz CT molecular complexity index is 1630. The second kappa shape index (κ2) is 8.34. The number of pyridine rings is 1. The third kappa shape index (κ3) is 4.00. The molecule has 5 rings (SSSR count). The maximum Gasteiger partial charge on any atom is 0.269 e. The molecule has 0 unspecified atom stereocenters. The van der Waals surface area contributed by atoms with Crippen LogP contribution in [0.5, 0.6) is 0 Å². The Balaban J connectivity index is 1.62. The molecule has 0 fully saturated rings. The van der Waals surface area contributed by atoms with Gasteiger partial charge in [-0.1, -0.05) is 41.8 Å². The Morgan fingerprint density at radius 3 is 2.39 bits per heavy atom. The topological polar surface area (TPSA) is 77.7 Å². The normalized spacial score (nSPS) is 11.2. The van der Waals surface area contributed by atoms with Gasteiger partial charge in [-0.2, -0.15) is 0 Å². The van der Waals surface area contributed by atoms with Crippen LogP contribution in [0.1, 0.15) is 17.0 Å². The summed E-state index contributed by atoms with van der Waals surface area (Å²) in [5.74, 6) is 6.37. The van der Waals surface area contributed by atoms with Crippen LogP contribution in [0.15, 0.2) is 96.3 Å². The van der Waals surface area contributed by atoms with E-state index in [1.165, 1.54) is 3.97 Å². The van der Waals surface area contributed by atoms with Crippen molar-refractivity contribution in [3.63, 3.8) is 0 Å². The molecule has 0 N–H and O–H groups in total. The first-order valence-electron chi connectivity index (χ1n) is 10.2. The van der Waals surface area contributed by atoms with E-state index in [-0.39, 0.29) is 4.90 Å². The molecule has 6 nitrogen and oxygen atoms in total. The summed E-state index contributed by atoms with van der Waals surface area (Å²) < 4.78 is 28.0. The first-order valence-corrected chi connectivity index (χ1v) is 11.7. The van der Waals surface area contributed by atoms with Crippen molar-refractivity contribution in [2.75, 3.05) is 0 Å². The summed E-state index contributed by atoms with van der Waals surface area (Å²) in [4.78, 5) is 13.4. The predicted molar refractivity (Wildman–Crippen MR) is 127 cm³/mol. The molecule has 0 atom stereocenters. The number of aromatic nitrogens is 4. The predicted octanol–water partition coefficient (Wildman–Crippen LogP) is 4.44. The molecule has 7 heteroatoms. The standard InChI is InChI=1S/C26H18N4O2S/c1-19-9-12-21(13-10-19)33(31,32)30-18-23(22-8-5-16-28-26(22)30)24-15-17-27-25(29-24)14-11-20-6-3-2-4-7-20/h2-10,12-13,15-18H,1H3. The van der Waals surface area contributed by atoms with E-state index in [1.807, 2.05) is 43.3 Å². The number of nitrogens with zero attached hydrogens (tertiary/aromatic N) is 4. The van der Waals surface area contributed by atoms with Crippen molar-refractivity contribution in [3.05, 3.63) is 108 Å². The summed E-state index contributed by atoms with van der Waals surface area (Å²) >= 11 is 0. The highest BCUT2D eigenvalue weighted by Gasteiger charge is 2.23. The van der Waals surface area contributed by atoms with Crippen LogP contribution in [0, 0.1) is 18.8 Å². The van der Waals surface area contributed by atoms with Crippen molar-refractivity contribution in [2.24, 2.45) is 0 Å². The molecule has 5 aromatic rings. The van der Waals surface area contributed by atoms with E-state index in [2.05, 4.69) is 26.8 Å². The zero-order valence-electron chi connectivity index (χ0n) is 17.7. The molecule has 0 saturated carbocycles. The Morgan fingerprint density at radius 1 is 0.818 bits per heavy atom. The van der Waals surface area contributed by atoms with Gasteiger partial charge in [-0.05, 0) is 55.3 Å². The van der Waals surface area contributed by atoms with E-state index in [4.69, 9.17) is 0 Å². The van der Waals surface area contributed by atoms with Gasteiger partial charge in [-0.3, -0.25) is 0 Å². The average molecular weight is 451 g/mol. The van der Waals surface area contributed by atoms with Crippen LogP contribution in [0.4, 0.5) is 0 Å². The summed E-state index contributed by atoms with van der Waals surface area (Å²) in [7, 11) is -3.84. The summed E-state index contributed by atoms with van der Waals surface area (Å²) in [6, 6.07) is 21.6. The Kier molecular flexibility index (Phi) is 5.21. The lowest BCUT2D eigenvalue weighted by Crippen LogP contribution is -2.12. The largest absolute Gasteiger partial charge is 0.269 e. The molecular weight excluding hydrogens is 432 g/mol. The number of benzene rings is 2. The van der Waals surface area contributed by atoms with Gasteiger partial charge in [-0.25, -0.2) is 27.3 Å². The molecule has 0 aliphatic rings. The van der Waals surface area contributed by atoms with E-state index in [0.29, 0.717) is 28.1 Å². The lowest BCUT2D eigenvalue weighted by Gasteiger charge is -2.07. The number of hydrogen-bond donors (Lipinski definition) is 0. The summed E-state index contributed by atoms with van der Waals surface area (Å²) in [6.45, 7) is 1.91. The van der Waals surface area contributed by atoms with Crippen molar-refractivity contribution in [1.29, 1.82) is 0 Å². The molecule has 160 valence electrons. The van der Waals surface area contributed by atoms with E-state index in [0.717, 1.165) is 11.1 Å². The summed E-state index contributed by atoms with van der Waals surface area (Å²) in [5, 5.41) is 0.675. The van der Waals surface area contributed by atoms with Gasteiger partial charge >= 0.3 is 0 Å². The number of fused-ring (bicyclic) bond motifs is 1. The smallest absolute Gasteiger partial charge is 0.237 e. The van der Waals surface area contributed by atoms with Crippen molar-refractivity contribution < 1.29 is 8.42 Å². The molecule has 2 aromatic carbocycles. The third-order valence-corrected chi connectivity index (χ3v) is 6.80. The van der Waals surface area contributed by atoms with Gasteiger partial charge in [0.05, 0.1) is 10.6 Å². The van der Waals surface area contributed by atoms with Crippen LogP contribution < -0.4 is 0 Å². The molecular formula is C26H18N4O2S. The molecule has 0 radical (unpaired) electrons. The lowest BCUT2D eigenvalue weighted by atomic mass is 10.1. The lowest BCUT2D eigenvalue weighted by molar-refractivity contribution is 0.589. The average Bonchev–Trinajstić information content (AvgIpc) is 3.25. The van der Waals surface area contributed by atoms with Crippen LogP contribution in [0.2, 0.25) is 0 Å². The van der Waals surface area contributed by atoms with E-state index in [9.17, 15) is 8.42 Å². The van der Waals surface area contributed by atoms with Crippen molar-refractivity contribution in [1.82, 2.24) is 18.9 Å². The van der Waals surface area contributed by atoms with Gasteiger partial charge in [0.1, 0.15) is 0 Å². The van der Waals surface area contributed by atoms with Crippen LogP contribution in [0.3, 0.4) is 0 Å². The molecule has 3 heterocycles. The van der Waals surface area contributed by atoms with Gasteiger partial charge in [0.2, 0.25) is 5.82 Å². The van der Waals surface area contributed by atoms with Crippen LogP contribution in [-0.4, -0.2) is 27.3 Å². The third-order valence-electron chi connectivity index (χ3n) is 5.13. The molecule has 0 spiro atoms. The number of rotatable bonds is 3. The Hall–Kier alpha value is -4.28. The van der Waals surface area contributed by atoms with Crippen molar-refractivity contribution in [3.8, 4) is 23.1 Å². The fraction of sp³-hybridized carbons (Fsp3) is 0.0385. The highest BCUT2D eigenvalue weighted by molar-refractivity contribution is 7.90. The van der Waals surface area contributed by atoms with Gasteiger partial charge in [0.15, 0.2) is 5.65 Å². The van der Waals surface area contributed by atoms with Gasteiger partial charge < -0.3 is 0 Å². The second-order valence-electron chi connectivity index (χ2n) is 7.41. The van der Waals surface area contributed by atoms with E-state index < -0.39 is 10.0 Å². The minimum atomic E-state index is -3.84. The van der Waals surface area contributed by atoms with Gasteiger partial charge in [-0.15, -0.1) is 0 Å². The fourth-order valence-corrected chi connectivity index (χ4v) is 4.78. The van der Waals surface area contributed by atoms with Gasteiger partial charge in [0.25, 0.3) is 10.0 Å². The maximum absolute atomic E-state index is 13.4. The molecule has 0 aliphatic carbocycles. The number of aryl methyl sites for hydroxylation is 1. The zero-order valence-corrected chi connectivity index (χ0v) is 18.5. The molecule has 0 saturated heterocycles. The van der Waals surface area contributed by atoms with E-state index in [1.54, 1.807) is 55.0 Å². The highest BCUT2D eigenvalue weighted by Crippen LogP contribution is 2.31. The quantitative estimate of drug-likeness (QED) is 0.380. The van der Waals surface area contributed by atoms with Crippen molar-refractivity contribution >= 4 is 21.1 Å². The Labute approximate surface area is 191 Å². The molecule has 33 heavy (non-hydrogen) atoms. The Morgan fingerprint density at radius 2 is 1.61 bits per heavy atom. The van der Waals surface area contributed by atoms with Crippen LogP contribution >= 0.6 is 0 Å². The highest BCUT2D eigenvalue weighted by atomic mass is 32.2. The van der Waals surface area contributed by atoms with Crippen molar-refractivity contribution in [2.45, 2.75) is 11.8 Å². The molecule has 0 amide bonds. The van der Waals surface area contributed by atoms with Crippen LogP contribution in [-0.2, 0) is 10.0 Å².